The van der Waals surface area contributed by atoms with Crippen molar-refractivity contribution in [2.75, 3.05) is 0 Å². The Bertz CT molecular complexity index is 689. The summed E-state index contributed by atoms with van der Waals surface area (Å²) in [6.45, 7) is 3.67. The molecule has 108 valence electrons. The number of nitrogens with one attached hydrogen (secondary N) is 1. The lowest BCUT2D eigenvalue weighted by atomic mass is 10.2. The van der Waals surface area contributed by atoms with Gasteiger partial charge in [-0.2, -0.15) is 4.68 Å². The topological polar surface area (TPSA) is 55.6 Å². The molecule has 0 aliphatic heterocycles. The van der Waals surface area contributed by atoms with Crippen LogP contribution in [0.25, 0.3) is 5.69 Å². The lowest BCUT2D eigenvalue weighted by Gasteiger charge is -2.06. The average Bonchev–Trinajstić information content (AvgIpc) is 3.17. The number of hydrogen-bond donors (Lipinski definition) is 1. The van der Waals surface area contributed by atoms with Crippen molar-refractivity contribution < 1.29 is 0 Å². The first kappa shape index (κ1) is 13.9. The minimum absolute atomic E-state index is 0.642. The molecule has 3 rings (SSSR count). The number of hydrogen-bond acceptors (Lipinski definition) is 5. The quantitative estimate of drug-likeness (QED) is 0.760. The zero-order valence-corrected chi connectivity index (χ0v) is 12.7. The van der Waals surface area contributed by atoms with Gasteiger partial charge in [0.05, 0.1) is 12.2 Å². The Kier molecular flexibility index (Phi) is 4.37. The highest BCUT2D eigenvalue weighted by Gasteiger charge is 2.08. The van der Waals surface area contributed by atoms with Crippen LogP contribution in [-0.4, -0.2) is 20.2 Å². The van der Waals surface area contributed by atoms with Crippen LogP contribution < -0.4 is 5.32 Å². The molecule has 6 heteroatoms. The van der Waals surface area contributed by atoms with Crippen molar-refractivity contribution in [1.29, 1.82) is 0 Å². The Balaban J connectivity index is 1.66. The average molecular weight is 299 g/mol. The number of tetrazole rings is 1. The van der Waals surface area contributed by atoms with E-state index < -0.39 is 0 Å². The first-order valence-corrected chi connectivity index (χ1v) is 7.85. The van der Waals surface area contributed by atoms with Gasteiger partial charge in [-0.05, 0) is 46.0 Å². The summed E-state index contributed by atoms with van der Waals surface area (Å²) in [5, 5.41) is 17.5. The van der Waals surface area contributed by atoms with Gasteiger partial charge in [0, 0.05) is 11.4 Å². The molecule has 3 aromatic rings. The van der Waals surface area contributed by atoms with E-state index in [9.17, 15) is 0 Å². The van der Waals surface area contributed by atoms with Gasteiger partial charge >= 0.3 is 0 Å². The van der Waals surface area contributed by atoms with E-state index in [4.69, 9.17) is 0 Å². The van der Waals surface area contributed by atoms with Crippen molar-refractivity contribution in [3.8, 4) is 5.69 Å². The van der Waals surface area contributed by atoms with E-state index in [2.05, 4.69) is 39.2 Å². The maximum Gasteiger partial charge on any atom is 0.170 e. The lowest BCUT2D eigenvalue weighted by Crippen LogP contribution is -2.16. The van der Waals surface area contributed by atoms with Crippen LogP contribution in [0.2, 0.25) is 0 Å². The molecule has 2 heterocycles. The summed E-state index contributed by atoms with van der Waals surface area (Å²) in [5.41, 5.74) is 2.39. The number of thiophene rings is 1. The summed E-state index contributed by atoms with van der Waals surface area (Å²) >= 11 is 1.79. The molecule has 0 fully saturated rings. The van der Waals surface area contributed by atoms with E-state index in [-0.39, 0.29) is 0 Å². The fourth-order valence-electron chi connectivity index (χ4n) is 2.21. The second-order valence-corrected chi connectivity index (χ2v) is 5.67. The van der Waals surface area contributed by atoms with Crippen LogP contribution >= 0.6 is 11.3 Å². The number of nitrogens with zero attached hydrogens (tertiary/aromatic N) is 4. The van der Waals surface area contributed by atoms with Gasteiger partial charge in [-0.25, -0.2) is 0 Å². The van der Waals surface area contributed by atoms with Crippen LogP contribution in [0.3, 0.4) is 0 Å². The smallest absolute Gasteiger partial charge is 0.170 e. The summed E-state index contributed by atoms with van der Waals surface area (Å²) in [4.78, 5) is 1.39. The second-order valence-electron chi connectivity index (χ2n) is 4.67. The van der Waals surface area contributed by atoms with Gasteiger partial charge in [0.2, 0.25) is 0 Å². The number of para-hydroxylation sites is 1. The predicted octanol–water partition coefficient (Wildman–Crippen LogP) is 2.58. The van der Waals surface area contributed by atoms with E-state index in [1.165, 1.54) is 10.4 Å². The van der Waals surface area contributed by atoms with Crippen LogP contribution in [-0.2, 0) is 19.5 Å². The van der Waals surface area contributed by atoms with Gasteiger partial charge in [0.1, 0.15) is 0 Å². The number of rotatable bonds is 6. The Morgan fingerprint density at radius 1 is 1.14 bits per heavy atom. The standard InChI is InChI=1S/C15H17N5S/c1-2-12-8-9-21-14(12)10-16-11-15-17-18-19-20(15)13-6-4-3-5-7-13/h3-9,16H,2,10-11H2,1H3. The third-order valence-electron chi connectivity index (χ3n) is 3.32. The molecule has 0 amide bonds. The number of benzene rings is 1. The van der Waals surface area contributed by atoms with Gasteiger partial charge < -0.3 is 5.32 Å². The maximum atomic E-state index is 4.10. The minimum Gasteiger partial charge on any atom is -0.305 e. The molecule has 0 atom stereocenters. The van der Waals surface area contributed by atoms with Gasteiger partial charge in [-0.15, -0.1) is 16.4 Å². The van der Waals surface area contributed by atoms with E-state index in [0.29, 0.717) is 6.54 Å². The number of aromatic nitrogens is 4. The van der Waals surface area contributed by atoms with E-state index in [0.717, 1.165) is 24.5 Å². The molecule has 2 aromatic heterocycles. The van der Waals surface area contributed by atoms with Gasteiger partial charge in [0.15, 0.2) is 5.82 Å². The summed E-state index contributed by atoms with van der Waals surface area (Å²) in [5.74, 6) is 0.816. The predicted molar refractivity (Wildman–Crippen MR) is 83.4 cm³/mol. The van der Waals surface area contributed by atoms with Crippen molar-refractivity contribution in [3.05, 3.63) is 58.0 Å². The largest absolute Gasteiger partial charge is 0.305 e. The molecule has 5 nitrogen and oxygen atoms in total. The molecular weight excluding hydrogens is 282 g/mol. The SMILES string of the molecule is CCc1ccsc1CNCc1nnnn1-c1ccccc1. The third kappa shape index (κ3) is 3.17. The Hall–Kier alpha value is -2.05. The zero-order valence-electron chi connectivity index (χ0n) is 11.9. The van der Waals surface area contributed by atoms with Crippen LogP contribution in [0.5, 0.6) is 0 Å². The van der Waals surface area contributed by atoms with Crippen molar-refractivity contribution in [1.82, 2.24) is 25.5 Å². The molecule has 1 aromatic carbocycles. The minimum atomic E-state index is 0.642. The van der Waals surface area contributed by atoms with Gasteiger partial charge in [-0.3, -0.25) is 0 Å². The maximum absolute atomic E-state index is 4.10. The fraction of sp³-hybridized carbons (Fsp3) is 0.267. The normalized spacial score (nSPS) is 10.9. The van der Waals surface area contributed by atoms with Crippen molar-refractivity contribution >= 4 is 11.3 Å². The molecule has 0 radical (unpaired) electrons. The molecule has 0 bridgehead atoms. The molecule has 0 spiro atoms. The van der Waals surface area contributed by atoms with Crippen LogP contribution in [0.4, 0.5) is 0 Å². The number of aryl methyl sites for hydroxylation is 1. The second kappa shape index (κ2) is 6.60. The first-order chi connectivity index (χ1) is 10.4. The Morgan fingerprint density at radius 2 is 2.00 bits per heavy atom. The molecule has 0 saturated heterocycles. The highest BCUT2D eigenvalue weighted by Crippen LogP contribution is 2.17. The summed E-state index contributed by atoms with van der Waals surface area (Å²) in [6.07, 6.45) is 1.07. The summed E-state index contributed by atoms with van der Waals surface area (Å²) in [7, 11) is 0. The Morgan fingerprint density at radius 3 is 2.81 bits per heavy atom. The molecule has 1 N–H and O–H groups in total. The van der Waals surface area contributed by atoms with Crippen LogP contribution in [0.15, 0.2) is 41.8 Å². The molecule has 0 unspecified atom stereocenters. The highest BCUT2D eigenvalue weighted by molar-refractivity contribution is 7.10. The lowest BCUT2D eigenvalue weighted by molar-refractivity contribution is 0.644. The first-order valence-electron chi connectivity index (χ1n) is 6.97. The monoisotopic (exact) mass is 299 g/mol. The highest BCUT2D eigenvalue weighted by atomic mass is 32.1. The van der Waals surface area contributed by atoms with Gasteiger partial charge in [-0.1, -0.05) is 25.1 Å². The molecule has 0 saturated carbocycles. The van der Waals surface area contributed by atoms with Crippen LogP contribution in [0.1, 0.15) is 23.2 Å². The third-order valence-corrected chi connectivity index (χ3v) is 4.29. The van der Waals surface area contributed by atoms with E-state index in [1.54, 1.807) is 16.0 Å². The fourth-order valence-corrected chi connectivity index (χ4v) is 3.16. The van der Waals surface area contributed by atoms with Gasteiger partial charge in [0.25, 0.3) is 0 Å². The van der Waals surface area contributed by atoms with Crippen LogP contribution in [0, 0.1) is 0 Å². The molecule has 21 heavy (non-hydrogen) atoms. The molecule has 0 aliphatic carbocycles. The molecule has 0 aliphatic rings. The zero-order chi connectivity index (χ0) is 14.5. The van der Waals surface area contributed by atoms with E-state index >= 15 is 0 Å². The summed E-state index contributed by atoms with van der Waals surface area (Å²) in [6, 6.07) is 12.1. The van der Waals surface area contributed by atoms with Crippen molar-refractivity contribution in [2.24, 2.45) is 0 Å². The van der Waals surface area contributed by atoms with Crippen molar-refractivity contribution in [2.45, 2.75) is 26.4 Å². The molecular formula is C15H17N5S. The van der Waals surface area contributed by atoms with E-state index in [1.807, 2.05) is 30.3 Å². The Labute approximate surface area is 127 Å². The summed E-state index contributed by atoms with van der Waals surface area (Å²) < 4.78 is 1.77. The van der Waals surface area contributed by atoms with Crippen molar-refractivity contribution in [3.63, 3.8) is 0 Å².